The molecule has 0 amide bonds. The van der Waals surface area contributed by atoms with E-state index in [-0.39, 0.29) is 0 Å². The number of anilines is 1. The van der Waals surface area contributed by atoms with Crippen LogP contribution in [0.5, 0.6) is 0 Å². The molecule has 0 bridgehead atoms. The van der Waals surface area contributed by atoms with Crippen LogP contribution in [0.25, 0.3) is 0 Å². The summed E-state index contributed by atoms with van der Waals surface area (Å²) in [5, 5.41) is 5.34. The highest BCUT2D eigenvalue weighted by atomic mass is 35.5. The van der Waals surface area contributed by atoms with Gasteiger partial charge in [0.15, 0.2) is 0 Å². The number of pyridine rings is 1. The molecule has 0 aliphatic carbocycles. The van der Waals surface area contributed by atoms with E-state index >= 15 is 0 Å². The highest BCUT2D eigenvalue weighted by molar-refractivity contribution is 6.42. The van der Waals surface area contributed by atoms with Gasteiger partial charge in [0.2, 0.25) is 0 Å². The molecular formula is C17H18Cl3N3. The number of nitrogens with zero attached hydrogens (tertiary/aromatic N) is 2. The van der Waals surface area contributed by atoms with Gasteiger partial charge in [-0.1, -0.05) is 40.9 Å². The average molecular weight is 371 g/mol. The Hall–Kier alpha value is -1.00. The summed E-state index contributed by atoms with van der Waals surface area (Å²) in [5.74, 6) is 1.82. The van der Waals surface area contributed by atoms with Crippen molar-refractivity contribution in [1.82, 2.24) is 10.3 Å². The van der Waals surface area contributed by atoms with E-state index < -0.39 is 0 Å². The van der Waals surface area contributed by atoms with Crippen LogP contribution in [0.15, 0.2) is 36.5 Å². The van der Waals surface area contributed by atoms with Gasteiger partial charge in [0, 0.05) is 38.8 Å². The lowest BCUT2D eigenvalue weighted by atomic mass is 9.88. The van der Waals surface area contributed by atoms with E-state index in [4.69, 9.17) is 34.8 Å². The van der Waals surface area contributed by atoms with Gasteiger partial charge in [0.05, 0.1) is 15.1 Å². The number of halogens is 3. The lowest BCUT2D eigenvalue weighted by Gasteiger charge is -2.26. The molecule has 1 saturated heterocycles. The quantitative estimate of drug-likeness (QED) is 0.860. The van der Waals surface area contributed by atoms with Crippen LogP contribution in [0, 0.1) is 5.92 Å². The largest absolute Gasteiger partial charge is 0.359 e. The molecule has 6 heteroatoms. The lowest BCUT2D eigenvalue weighted by molar-refractivity contribution is 0.517. The predicted molar refractivity (Wildman–Crippen MR) is 98.1 cm³/mol. The molecule has 0 spiro atoms. The molecule has 0 radical (unpaired) electrons. The summed E-state index contributed by atoms with van der Waals surface area (Å²) >= 11 is 18.1. The van der Waals surface area contributed by atoms with E-state index in [1.807, 2.05) is 24.3 Å². The Morgan fingerprint density at radius 1 is 1.13 bits per heavy atom. The number of nitrogens with one attached hydrogen (secondary N) is 1. The molecule has 23 heavy (non-hydrogen) atoms. The lowest BCUT2D eigenvalue weighted by Crippen LogP contribution is -2.29. The fourth-order valence-corrected chi connectivity index (χ4v) is 3.52. The van der Waals surface area contributed by atoms with Crippen molar-refractivity contribution < 1.29 is 0 Å². The predicted octanol–water partition coefficient (Wildman–Crippen LogP) is 4.48. The molecule has 1 aromatic carbocycles. The Morgan fingerprint density at radius 3 is 2.65 bits per heavy atom. The summed E-state index contributed by atoms with van der Waals surface area (Å²) in [6, 6.07) is 9.73. The normalized spacial score (nSPS) is 20.7. The molecule has 2 atom stereocenters. The molecule has 1 N–H and O–H groups in total. The maximum Gasteiger partial charge on any atom is 0.128 e. The van der Waals surface area contributed by atoms with Gasteiger partial charge < -0.3 is 10.2 Å². The third-order valence-corrected chi connectivity index (χ3v) is 5.29. The van der Waals surface area contributed by atoms with Gasteiger partial charge in [-0.15, -0.1) is 0 Å². The van der Waals surface area contributed by atoms with Crippen molar-refractivity contribution in [3.63, 3.8) is 0 Å². The summed E-state index contributed by atoms with van der Waals surface area (Å²) in [7, 11) is 2.06. The third kappa shape index (κ3) is 3.92. The van der Waals surface area contributed by atoms with Gasteiger partial charge in [-0.2, -0.15) is 0 Å². The first kappa shape index (κ1) is 16.8. The molecule has 2 heterocycles. The minimum absolute atomic E-state index is 0.416. The monoisotopic (exact) mass is 369 g/mol. The number of hydrogen-bond acceptors (Lipinski definition) is 3. The summed E-state index contributed by atoms with van der Waals surface area (Å²) in [4.78, 5) is 6.54. The first-order valence-electron chi connectivity index (χ1n) is 7.53. The van der Waals surface area contributed by atoms with Gasteiger partial charge in [-0.25, -0.2) is 4.98 Å². The van der Waals surface area contributed by atoms with E-state index in [0.29, 0.717) is 26.9 Å². The molecule has 1 aliphatic heterocycles. The van der Waals surface area contributed by atoms with Crippen molar-refractivity contribution >= 4 is 40.6 Å². The number of aromatic nitrogens is 1. The number of rotatable bonds is 4. The molecule has 3 nitrogen and oxygen atoms in total. The fourth-order valence-electron chi connectivity index (χ4n) is 3.10. The van der Waals surface area contributed by atoms with E-state index in [0.717, 1.165) is 25.5 Å². The van der Waals surface area contributed by atoms with Crippen LogP contribution in [0.1, 0.15) is 11.5 Å². The summed E-state index contributed by atoms with van der Waals surface area (Å²) in [6.45, 7) is 2.83. The van der Waals surface area contributed by atoms with Crippen molar-refractivity contribution in [2.75, 3.05) is 31.6 Å². The van der Waals surface area contributed by atoms with Crippen molar-refractivity contribution in [3.05, 3.63) is 57.2 Å². The first-order valence-corrected chi connectivity index (χ1v) is 8.66. The van der Waals surface area contributed by atoms with Crippen LogP contribution in [0.4, 0.5) is 5.82 Å². The molecule has 2 aromatic rings. The van der Waals surface area contributed by atoms with Crippen LogP contribution in [0.3, 0.4) is 0 Å². The van der Waals surface area contributed by atoms with Crippen molar-refractivity contribution in [3.8, 4) is 0 Å². The number of benzene rings is 1. The van der Waals surface area contributed by atoms with Crippen LogP contribution in [-0.2, 0) is 0 Å². The molecule has 0 unspecified atom stereocenters. The second-order valence-corrected chi connectivity index (χ2v) is 7.16. The Kier molecular flexibility index (Phi) is 5.32. The minimum Gasteiger partial charge on any atom is -0.359 e. The maximum atomic E-state index is 6.17. The summed E-state index contributed by atoms with van der Waals surface area (Å²) in [6.07, 6.45) is 1.68. The Morgan fingerprint density at radius 2 is 1.96 bits per heavy atom. The van der Waals surface area contributed by atoms with Crippen molar-refractivity contribution in [2.45, 2.75) is 5.92 Å². The Bertz CT molecular complexity index is 675. The Labute approximate surface area is 151 Å². The standard InChI is InChI=1S/C17H18Cl3N3/c1-23(17-5-3-13(18)8-22-17)10-12-7-21-9-14(12)11-2-4-15(19)16(20)6-11/h2-6,8,12,14,21H,7,9-10H2,1H3/t12-,14-/m1/s1. The highest BCUT2D eigenvalue weighted by Crippen LogP contribution is 2.33. The first-order chi connectivity index (χ1) is 11.0. The van der Waals surface area contributed by atoms with Gasteiger partial charge >= 0.3 is 0 Å². The zero-order valence-corrected chi connectivity index (χ0v) is 15.0. The molecule has 1 aliphatic rings. The second-order valence-electron chi connectivity index (χ2n) is 5.91. The van der Waals surface area contributed by atoms with E-state index in [1.54, 1.807) is 6.20 Å². The van der Waals surface area contributed by atoms with Gasteiger partial charge in [-0.3, -0.25) is 0 Å². The van der Waals surface area contributed by atoms with Crippen LogP contribution < -0.4 is 10.2 Å². The smallest absolute Gasteiger partial charge is 0.128 e. The van der Waals surface area contributed by atoms with Crippen LogP contribution >= 0.6 is 34.8 Å². The van der Waals surface area contributed by atoms with Crippen LogP contribution in [0.2, 0.25) is 15.1 Å². The molecular weight excluding hydrogens is 353 g/mol. The molecule has 1 fully saturated rings. The topological polar surface area (TPSA) is 28.2 Å². The van der Waals surface area contributed by atoms with E-state index in [1.165, 1.54) is 5.56 Å². The summed E-state index contributed by atoms with van der Waals surface area (Å²) in [5.41, 5.74) is 1.23. The van der Waals surface area contributed by atoms with Crippen molar-refractivity contribution in [1.29, 1.82) is 0 Å². The van der Waals surface area contributed by atoms with Crippen LogP contribution in [-0.4, -0.2) is 31.7 Å². The van der Waals surface area contributed by atoms with Crippen molar-refractivity contribution in [2.24, 2.45) is 5.92 Å². The maximum absolute atomic E-state index is 6.17. The van der Waals surface area contributed by atoms with Gasteiger partial charge in [0.1, 0.15) is 5.82 Å². The van der Waals surface area contributed by atoms with E-state index in [9.17, 15) is 0 Å². The van der Waals surface area contributed by atoms with Gasteiger partial charge in [0.25, 0.3) is 0 Å². The molecule has 3 rings (SSSR count). The molecule has 0 saturated carbocycles. The molecule has 122 valence electrons. The fraction of sp³-hybridized carbons (Fsp3) is 0.353. The molecule has 1 aromatic heterocycles. The third-order valence-electron chi connectivity index (χ3n) is 4.32. The summed E-state index contributed by atoms with van der Waals surface area (Å²) < 4.78 is 0. The van der Waals surface area contributed by atoms with E-state index in [2.05, 4.69) is 28.3 Å². The average Bonchev–Trinajstić information content (AvgIpc) is 2.99. The second kappa shape index (κ2) is 7.27. The minimum atomic E-state index is 0.416. The zero-order valence-electron chi connectivity index (χ0n) is 12.8. The zero-order chi connectivity index (χ0) is 16.4. The SMILES string of the molecule is CN(C[C@H]1CNC[C@@H]1c1ccc(Cl)c(Cl)c1)c1ccc(Cl)cn1. The highest BCUT2D eigenvalue weighted by Gasteiger charge is 2.29. The number of hydrogen-bond donors (Lipinski definition) is 1. The van der Waals surface area contributed by atoms with Gasteiger partial charge in [-0.05, 0) is 35.7 Å². The Balaban J connectivity index is 1.73.